The number of hydrogen-bond donors (Lipinski definition) is 3. The smallest absolute Gasteiger partial charge is 0.408 e. The van der Waals surface area contributed by atoms with E-state index in [2.05, 4.69) is 10.6 Å². The summed E-state index contributed by atoms with van der Waals surface area (Å²) in [4.78, 5) is 43.8. The lowest BCUT2D eigenvalue weighted by molar-refractivity contribution is -0.149. The van der Waals surface area contributed by atoms with Gasteiger partial charge in [0.1, 0.15) is 23.4 Å². The zero-order valence-electron chi connectivity index (χ0n) is 27.3. The molecule has 236 valence electrons. The second-order valence-electron chi connectivity index (χ2n) is 13.5. The summed E-state index contributed by atoms with van der Waals surface area (Å²) in [5.41, 5.74) is 2.10. The Morgan fingerprint density at radius 3 is 2.14 bits per heavy atom. The van der Waals surface area contributed by atoms with Gasteiger partial charge in [-0.05, 0) is 102 Å². The minimum Gasteiger partial charge on any atom is -0.508 e. The van der Waals surface area contributed by atoms with Gasteiger partial charge in [-0.3, -0.25) is 9.59 Å². The zero-order valence-corrected chi connectivity index (χ0v) is 27.3. The minimum atomic E-state index is -1.03. The van der Waals surface area contributed by atoms with Gasteiger partial charge in [-0.25, -0.2) is 4.79 Å². The molecule has 2 unspecified atom stereocenters. The molecule has 0 heterocycles. The lowest BCUT2D eigenvalue weighted by Crippen LogP contribution is -2.60. The summed E-state index contributed by atoms with van der Waals surface area (Å²) in [5.74, 6) is -0.492. The fourth-order valence-electron chi connectivity index (χ4n) is 5.51. The third kappa shape index (κ3) is 9.47. The fraction of sp³-hybridized carbons (Fsp3) is 0.571. The van der Waals surface area contributed by atoms with Crippen LogP contribution in [0.1, 0.15) is 108 Å². The van der Waals surface area contributed by atoms with Crippen LogP contribution in [-0.4, -0.2) is 51.1 Å². The first-order valence-corrected chi connectivity index (χ1v) is 15.6. The van der Waals surface area contributed by atoms with Gasteiger partial charge in [-0.1, -0.05) is 56.5 Å². The number of ether oxygens (including phenoxy) is 1. The van der Waals surface area contributed by atoms with Gasteiger partial charge in [0.2, 0.25) is 11.8 Å². The number of carbonyl (C=O) groups is 3. The van der Waals surface area contributed by atoms with E-state index in [1.165, 1.54) is 0 Å². The molecular weight excluding hydrogens is 542 g/mol. The zero-order chi connectivity index (χ0) is 31.9. The molecule has 0 bridgehead atoms. The number of benzene rings is 2. The summed E-state index contributed by atoms with van der Waals surface area (Å²) in [7, 11) is 0. The normalized spacial score (nSPS) is 15.7. The van der Waals surface area contributed by atoms with Crippen LogP contribution in [0.4, 0.5) is 4.79 Å². The topological polar surface area (TPSA) is 108 Å². The number of rotatable bonds is 10. The van der Waals surface area contributed by atoms with Crippen LogP contribution in [0.3, 0.4) is 0 Å². The van der Waals surface area contributed by atoms with Gasteiger partial charge in [0.05, 0.1) is 0 Å². The molecule has 0 spiro atoms. The van der Waals surface area contributed by atoms with Crippen molar-refractivity contribution >= 4 is 17.9 Å². The number of carbonyl (C=O) groups excluding carboxylic acids is 3. The van der Waals surface area contributed by atoms with E-state index in [1.807, 2.05) is 52.8 Å². The number of nitrogens with one attached hydrogen (secondary N) is 2. The number of aromatic hydroxyl groups is 1. The van der Waals surface area contributed by atoms with Crippen molar-refractivity contribution in [1.82, 2.24) is 15.5 Å². The van der Waals surface area contributed by atoms with Crippen molar-refractivity contribution in [2.24, 2.45) is 0 Å². The average Bonchev–Trinajstić information content (AvgIpc) is 2.93. The van der Waals surface area contributed by atoms with Crippen molar-refractivity contribution < 1.29 is 24.2 Å². The predicted octanol–water partition coefficient (Wildman–Crippen LogP) is 6.65. The van der Waals surface area contributed by atoms with Crippen LogP contribution in [0.2, 0.25) is 0 Å². The summed E-state index contributed by atoms with van der Waals surface area (Å²) >= 11 is 0. The Morgan fingerprint density at radius 1 is 0.953 bits per heavy atom. The largest absolute Gasteiger partial charge is 0.508 e. The van der Waals surface area contributed by atoms with Crippen molar-refractivity contribution in [3.8, 4) is 5.75 Å². The molecule has 0 aliphatic heterocycles. The Balaban J connectivity index is 2.11. The number of phenols is 1. The molecule has 2 aromatic rings. The fourth-order valence-corrected chi connectivity index (χ4v) is 5.51. The first-order chi connectivity index (χ1) is 20.1. The molecule has 43 heavy (non-hydrogen) atoms. The second-order valence-corrected chi connectivity index (χ2v) is 13.5. The van der Waals surface area contributed by atoms with Crippen LogP contribution in [0.5, 0.6) is 5.75 Å². The maximum absolute atomic E-state index is 14.8. The number of alkyl carbamates (subject to hydrolysis) is 1. The van der Waals surface area contributed by atoms with Crippen LogP contribution in [-0.2, 0) is 20.7 Å². The Hall–Kier alpha value is -3.55. The van der Waals surface area contributed by atoms with Gasteiger partial charge >= 0.3 is 6.09 Å². The molecule has 2 aromatic carbocycles. The molecule has 8 nitrogen and oxygen atoms in total. The molecule has 1 aliphatic carbocycles. The van der Waals surface area contributed by atoms with Crippen molar-refractivity contribution in [2.45, 2.75) is 130 Å². The van der Waals surface area contributed by atoms with Gasteiger partial charge in [0.25, 0.3) is 0 Å². The van der Waals surface area contributed by atoms with Gasteiger partial charge in [0.15, 0.2) is 0 Å². The van der Waals surface area contributed by atoms with Gasteiger partial charge in [0, 0.05) is 18.0 Å². The van der Waals surface area contributed by atoms with Gasteiger partial charge in [-0.15, -0.1) is 0 Å². The SMILES string of the molecule is CCC(C)(C)N(C(=O)C(Cc1ccc(O)cc1)NC(=O)OC(C)(C)C)C(C(=O)NC1CCCCC1)c1ccc(C)c(C)c1. The van der Waals surface area contributed by atoms with Crippen molar-refractivity contribution in [2.75, 3.05) is 0 Å². The van der Waals surface area contributed by atoms with E-state index >= 15 is 0 Å². The third-order valence-electron chi connectivity index (χ3n) is 8.42. The highest BCUT2D eigenvalue weighted by molar-refractivity contribution is 5.93. The highest BCUT2D eigenvalue weighted by Crippen LogP contribution is 2.34. The summed E-state index contributed by atoms with van der Waals surface area (Å²) in [6.07, 6.45) is 5.14. The quantitative estimate of drug-likeness (QED) is 0.286. The highest BCUT2D eigenvalue weighted by Gasteiger charge is 2.43. The van der Waals surface area contributed by atoms with E-state index in [0.717, 1.165) is 54.4 Å². The molecule has 0 aromatic heterocycles. The van der Waals surface area contributed by atoms with Crippen LogP contribution >= 0.6 is 0 Å². The van der Waals surface area contributed by atoms with E-state index in [9.17, 15) is 19.5 Å². The van der Waals surface area contributed by atoms with E-state index in [0.29, 0.717) is 6.42 Å². The molecule has 1 aliphatic rings. The Labute approximate surface area is 257 Å². The number of hydrogen-bond acceptors (Lipinski definition) is 5. The first kappa shape index (κ1) is 33.9. The van der Waals surface area contributed by atoms with E-state index in [-0.39, 0.29) is 30.0 Å². The predicted molar refractivity (Wildman–Crippen MR) is 170 cm³/mol. The minimum absolute atomic E-state index is 0.0599. The van der Waals surface area contributed by atoms with Crippen molar-refractivity contribution in [1.29, 1.82) is 0 Å². The maximum atomic E-state index is 14.8. The molecule has 3 amide bonds. The molecular formula is C35H51N3O5. The Morgan fingerprint density at radius 2 is 1.58 bits per heavy atom. The molecule has 3 rings (SSSR count). The van der Waals surface area contributed by atoms with E-state index in [1.54, 1.807) is 49.9 Å². The molecule has 8 heteroatoms. The lowest BCUT2D eigenvalue weighted by Gasteiger charge is -2.45. The lowest BCUT2D eigenvalue weighted by atomic mass is 9.89. The first-order valence-electron chi connectivity index (χ1n) is 15.6. The number of aryl methyl sites for hydroxylation is 2. The summed E-state index contributed by atoms with van der Waals surface area (Å²) in [5, 5.41) is 15.9. The number of nitrogens with zero attached hydrogens (tertiary/aromatic N) is 1. The average molecular weight is 594 g/mol. The highest BCUT2D eigenvalue weighted by atomic mass is 16.6. The maximum Gasteiger partial charge on any atom is 0.408 e. The van der Waals surface area contributed by atoms with Gasteiger partial charge in [-0.2, -0.15) is 0 Å². The third-order valence-corrected chi connectivity index (χ3v) is 8.42. The Kier molecular flexibility index (Phi) is 11.3. The van der Waals surface area contributed by atoms with Crippen molar-refractivity contribution in [3.63, 3.8) is 0 Å². The van der Waals surface area contributed by atoms with E-state index < -0.39 is 29.3 Å². The molecule has 0 saturated heterocycles. The molecule has 2 atom stereocenters. The standard InChI is InChI=1S/C35H51N3O5/c1-9-35(7,8)38(30(26-18-15-23(2)24(3)21-26)31(40)36-27-13-11-10-12-14-27)32(41)29(37-33(42)43-34(4,5)6)22-25-16-19-28(39)20-17-25/h15-21,27,29-30,39H,9-14,22H2,1-8H3,(H,36,40)(H,37,42). The van der Waals surface area contributed by atoms with E-state index in [4.69, 9.17) is 4.74 Å². The van der Waals surface area contributed by atoms with Crippen LogP contribution in [0, 0.1) is 13.8 Å². The second kappa shape index (κ2) is 14.3. The van der Waals surface area contributed by atoms with Crippen molar-refractivity contribution in [3.05, 3.63) is 64.7 Å². The van der Waals surface area contributed by atoms with Crippen LogP contribution in [0.25, 0.3) is 0 Å². The molecule has 0 radical (unpaired) electrons. The molecule has 1 saturated carbocycles. The monoisotopic (exact) mass is 593 g/mol. The van der Waals surface area contributed by atoms with Crippen LogP contribution in [0.15, 0.2) is 42.5 Å². The van der Waals surface area contributed by atoms with Gasteiger partial charge < -0.3 is 25.4 Å². The number of phenolic OH excluding ortho intramolecular Hbond substituents is 1. The Bertz CT molecular complexity index is 1260. The van der Waals surface area contributed by atoms with Crippen LogP contribution < -0.4 is 10.6 Å². The summed E-state index contributed by atoms with van der Waals surface area (Å²) in [6, 6.07) is 10.6. The number of amides is 3. The summed E-state index contributed by atoms with van der Waals surface area (Å²) < 4.78 is 5.55. The molecule has 1 fully saturated rings. The molecule has 3 N–H and O–H groups in total. The summed E-state index contributed by atoms with van der Waals surface area (Å²) in [6.45, 7) is 15.2.